The molecule has 0 unspecified atom stereocenters. The summed E-state index contributed by atoms with van der Waals surface area (Å²) in [6.45, 7) is 0. The molecule has 1 radical (unpaired) electrons. The summed E-state index contributed by atoms with van der Waals surface area (Å²) >= 11 is 6.23. The third-order valence-corrected chi connectivity index (χ3v) is 6.88. The highest BCUT2D eigenvalue weighted by Crippen LogP contribution is 2.30. The van der Waals surface area contributed by atoms with E-state index in [1.54, 1.807) is 12.1 Å². The number of para-hydroxylation sites is 1. The van der Waals surface area contributed by atoms with Gasteiger partial charge in [-0.25, -0.2) is 13.1 Å². The van der Waals surface area contributed by atoms with E-state index in [0.717, 1.165) is 47.8 Å². The second kappa shape index (κ2) is 7.06. The fourth-order valence-corrected chi connectivity index (χ4v) is 5.34. The predicted octanol–water partition coefficient (Wildman–Crippen LogP) is 4.90. The lowest BCUT2D eigenvalue weighted by atomic mass is 9.96. The summed E-state index contributed by atoms with van der Waals surface area (Å²) in [5.41, 5.74) is 2.45. The van der Waals surface area contributed by atoms with Crippen molar-refractivity contribution in [3.63, 3.8) is 0 Å². The Morgan fingerprint density at radius 3 is 2.62 bits per heavy atom. The van der Waals surface area contributed by atoms with Gasteiger partial charge in [0.15, 0.2) is 0 Å². The molecule has 4 rings (SSSR count). The van der Waals surface area contributed by atoms with Crippen LogP contribution in [-0.2, 0) is 10.0 Å². The average molecular weight is 388 g/mol. The number of hydrogen-bond acceptors (Lipinski definition) is 2. The van der Waals surface area contributed by atoms with E-state index < -0.39 is 10.0 Å². The molecule has 0 saturated heterocycles. The number of fused-ring (bicyclic) bond motifs is 1. The fourth-order valence-electron chi connectivity index (χ4n) is 3.51. The summed E-state index contributed by atoms with van der Waals surface area (Å²) in [7, 11) is -3.66. The van der Waals surface area contributed by atoms with Crippen molar-refractivity contribution in [1.82, 2.24) is 9.71 Å². The Morgan fingerprint density at radius 2 is 1.85 bits per heavy atom. The Hall–Kier alpha value is -1.82. The fraction of sp³-hybridized carbons (Fsp3) is 0.300. The molecule has 4 nitrogen and oxygen atoms in total. The minimum Gasteiger partial charge on any atom is -0.354 e. The zero-order chi connectivity index (χ0) is 18.1. The van der Waals surface area contributed by atoms with Gasteiger partial charge >= 0.3 is 0 Å². The molecule has 0 bridgehead atoms. The number of halogens is 1. The highest BCUT2D eigenvalue weighted by atomic mass is 35.5. The van der Waals surface area contributed by atoms with Crippen LogP contribution in [-0.4, -0.2) is 19.4 Å². The van der Waals surface area contributed by atoms with Gasteiger partial charge in [0.25, 0.3) is 0 Å². The van der Waals surface area contributed by atoms with Gasteiger partial charge in [-0.3, -0.25) is 0 Å². The molecule has 0 spiro atoms. The van der Waals surface area contributed by atoms with E-state index in [1.165, 1.54) is 6.42 Å². The molecule has 0 amide bonds. The maximum Gasteiger partial charge on any atom is 0.242 e. The molecular weight excluding hydrogens is 368 g/mol. The van der Waals surface area contributed by atoms with Gasteiger partial charge in [0.1, 0.15) is 4.90 Å². The van der Waals surface area contributed by atoms with Gasteiger partial charge in [-0.1, -0.05) is 55.1 Å². The van der Waals surface area contributed by atoms with Crippen LogP contribution in [0, 0.1) is 6.07 Å². The zero-order valence-electron chi connectivity index (χ0n) is 14.3. The van der Waals surface area contributed by atoms with Crippen molar-refractivity contribution >= 4 is 32.5 Å². The lowest BCUT2D eigenvalue weighted by Crippen LogP contribution is -2.36. The Balaban J connectivity index is 1.69. The first kappa shape index (κ1) is 17.6. The number of nitrogens with one attached hydrogen (secondary N) is 2. The normalized spacial score (nSPS) is 16.2. The smallest absolute Gasteiger partial charge is 0.242 e. The molecule has 1 fully saturated rings. The van der Waals surface area contributed by atoms with Crippen molar-refractivity contribution in [1.29, 1.82) is 0 Å². The first-order valence-electron chi connectivity index (χ1n) is 8.85. The van der Waals surface area contributed by atoms with E-state index in [0.29, 0.717) is 0 Å². The summed E-state index contributed by atoms with van der Waals surface area (Å²) in [6.07, 6.45) is 5.05. The monoisotopic (exact) mass is 387 g/mol. The van der Waals surface area contributed by atoms with Crippen LogP contribution in [0.3, 0.4) is 0 Å². The van der Waals surface area contributed by atoms with Gasteiger partial charge in [0.05, 0.1) is 10.7 Å². The summed E-state index contributed by atoms with van der Waals surface area (Å²) < 4.78 is 28.5. The molecule has 26 heavy (non-hydrogen) atoms. The van der Waals surface area contributed by atoms with Crippen LogP contribution in [0.5, 0.6) is 0 Å². The van der Waals surface area contributed by atoms with Crippen molar-refractivity contribution in [3.05, 3.63) is 53.6 Å². The number of aromatic amines is 1. The molecule has 1 aliphatic carbocycles. The van der Waals surface area contributed by atoms with Crippen LogP contribution in [0.1, 0.15) is 32.1 Å². The molecule has 1 heterocycles. The summed E-state index contributed by atoms with van der Waals surface area (Å²) in [6, 6.07) is 16.2. The van der Waals surface area contributed by atoms with E-state index in [9.17, 15) is 8.42 Å². The van der Waals surface area contributed by atoms with Gasteiger partial charge in [-0.2, -0.15) is 0 Å². The van der Waals surface area contributed by atoms with Crippen molar-refractivity contribution in [2.75, 3.05) is 0 Å². The first-order chi connectivity index (χ1) is 12.5. The van der Waals surface area contributed by atoms with Gasteiger partial charge in [-0.05, 0) is 31.0 Å². The third kappa shape index (κ3) is 3.52. The number of rotatable bonds is 4. The molecule has 135 valence electrons. The van der Waals surface area contributed by atoms with Crippen LogP contribution in [0.4, 0.5) is 0 Å². The second-order valence-electron chi connectivity index (χ2n) is 6.77. The number of hydrogen-bond donors (Lipinski definition) is 2. The quantitative estimate of drug-likeness (QED) is 0.668. The number of H-pyrrole nitrogens is 1. The van der Waals surface area contributed by atoms with Gasteiger partial charge < -0.3 is 4.98 Å². The zero-order valence-corrected chi connectivity index (χ0v) is 15.8. The van der Waals surface area contributed by atoms with Crippen LogP contribution >= 0.6 is 11.6 Å². The molecular formula is C20H20ClN2O2S. The van der Waals surface area contributed by atoms with Gasteiger partial charge in [-0.15, -0.1) is 0 Å². The predicted molar refractivity (Wildman–Crippen MR) is 105 cm³/mol. The van der Waals surface area contributed by atoms with Crippen molar-refractivity contribution in [2.24, 2.45) is 0 Å². The maximum atomic E-state index is 12.9. The number of sulfonamides is 1. The Labute approximate surface area is 158 Å². The minimum absolute atomic E-state index is 0.00638. The largest absolute Gasteiger partial charge is 0.354 e. The van der Waals surface area contributed by atoms with Gasteiger partial charge in [0, 0.05) is 28.6 Å². The molecule has 1 aliphatic rings. The van der Waals surface area contributed by atoms with Crippen LogP contribution in [0.2, 0.25) is 5.02 Å². The van der Waals surface area contributed by atoms with Crippen molar-refractivity contribution in [2.45, 2.75) is 43.0 Å². The highest BCUT2D eigenvalue weighted by Gasteiger charge is 2.24. The minimum atomic E-state index is -3.66. The molecule has 3 aromatic rings. The van der Waals surface area contributed by atoms with E-state index in [4.69, 9.17) is 11.6 Å². The summed E-state index contributed by atoms with van der Waals surface area (Å²) in [5.74, 6) is 0. The SMILES string of the molecule is O=S(=O)(NC1CCCCC1)c1cc(-c2[c]c3ccccc3[nH]2)ccc1Cl. The standard InChI is InChI=1S/C20H20ClN2O2S/c21-17-11-10-15(19-12-14-6-4-5-9-18(14)22-19)13-20(17)26(24,25)23-16-7-2-1-3-8-16/h4-6,9-11,13,16,22-23H,1-3,7-8H2. The molecule has 0 aliphatic heterocycles. The molecule has 1 saturated carbocycles. The van der Waals surface area contributed by atoms with E-state index in [2.05, 4.69) is 15.8 Å². The van der Waals surface area contributed by atoms with Gasteiger partial charge in [0.2, 0.25) is 10.0 Å². The first-order valence-corrected chi connectivity index (χ1v) is 10.7. The highest BCUT2D eigenvalue weighted by molar-refractivity contribution is 7.89. The third-order valence-electron chi connectivity index (χ3n) is 4.88. The van der Waals surface area contributed by atoms with E-state index >= 15 is 0 Å². The van der Waals surface area contributed by atoms with Crippen molar-refractivity contribution in [3.8, 4) is 11.3 Å². The lowest BCUT2D eigenvalue weighted by molar-refractivity contribution is 0.412. The maximum absolute atomic E-state index is 12.9. The Bertz CT molecular complexity index is 1000. The van der Waals surface area contributed by atoms with E-state index in [-0.39, 0.29) is 16.0 Å². The Kier molecular flexibility index (Phi) is 4.78. The molecule has 6 heteroatoms. The van der Waals surface area contributed by atoms with Crippen LogP contribution < -0.4 is 4.72 Å². The molecule has 2 aromatic carbocycles. The molecule has 1 aromatic heterocycles. The average Bonchev–Trinajstić information content (AvgIpc) is 3.06. The molecule has 2 N–H and O–H groups in total. The molecule has 0 atom stereocenters. The van der Waals surface area contributed by atoms with E-state index in [1.807, 2.05) is 30.3 Å². The summed E-state index contributed by atoms with van der Waals surface area (Å²) in [4.78, 5) is 3.40. The number of benzene rings is 2. The second-order valence-corrected chi connectivity index (χ2v) is 8.86. The summed E-state index contributed by atoms with van der Waals surface area (Å²) in [5, 5.41) is 1.19. The Morgan fingerprint density at radius 1 is 1.08 bits per heavy atom. The van der Waals surface area contributed by atoms with Crippen LogP contribution in [0.15, 0.2) is 47.4 Å². The van der Waals surface area contributed by atoms with Crippen molar-refractivity contribution < 1.29 is 8.42 Å². The lowest BCUT2D eigenvalue weighted by Gasteiger charge is -2.23. The van der Waals surface area contributed by atoms with Crippen LogP contribution in [0.25, 0.3) is 22.2 Å². The number of aromatic nitrogens is 1. The topological polar surface area (TPSA) is 62.0 Å².